The van der Waals surface area contributed by atoms with Crippen LogP contribution < -0.4 is 0 Å². The van der Waals surface area contributed by atoms with Crippen LogP contribution in [0.2, 0.25) is 0 Å². The SMILES string of the molecule is Cc1cc(-n2nnc(C(=O)N3CCN(C(=O)c4ccco4)CC3)c2C)ccc1F. The summed E-state index contributed by atoms with van der Waals surface area (Å²) >= 11 is 0. The molecule has 0 unspecified atom stereocenters. The van der Waals surface area contributed by atoms with Crippen molar-refractivity contribution in [1.82, 2.24) is 24.8 Å². The van der Waals surface area contributed by atoms with Gasteiger partial charge in [-0.3, -0.25) is 9.59 Å². The van der Waals surface area contributed by atoms with E-state index in [2.05, 4.69) is 10.3 Å². The van der Waals surface area contributed by atoms with Gasteiger partial charge in [-0.05, 0) is 49.7 Å². The van der Waals surface area contributed by atoms with Crippen molar-refractivity contribution in [3.8, 4) is 5.69 Å². The van der Waals surface area contributed by atoms with Crippen molar-refractivity contribution in [1.29, 1.82) is 0 Å². The van der Waals surface area contributed by atoms with Gasteiger partial charge >= 0.3 is 0 Å². The maximum Gasteiger partial charge on any atom is 0.289 e. The smallest absolute Gasteiger partial charge is 0.289 e. The van der Waals surface area contributed by atoms with E-state index < -0.39 is 0 Å². The van der Waals surface area contributed by atoms with Crippen LogP contribution in [0.4, 0.5) is 4.39 Å². The minimum absolute atomic E-state index is 0.184. The molecule has 150 valence electrons. The number of hydrogen-bond acceptors (Lipinski definition) is 5. The number of amides is 2. The van der Waals surface area contributed by atoms with Crippen molar-refractivity contribution in [2.45, 2.75) is 13.8 Å². The molecule has 2 amide bonds. The van der Waals surface area contributed by atoms with E-state index >= 15 is 0 Å². The fourth-order valence-corrected chi connectivity index (χ4v) is 3.35. The second-order valence-corrected chi connectivity index (χ2v) is 6.93. The minimum atomic E-state index is -0.301. The molecule has 1 fully saturated rings. The Morgan fingerprint density at radius 2 is 1.72 bits per heavy atom. The monoisotopic (exact) mass is 397 g/mol. The summed E-state index contributed by atoms with van der Waals surface area (Å²) in [6.45, 7) is 5.04. The van der Waals surface area contributed by atoms with Gasteiger partial charge in [-0.1, -0.05) is 5.21 Å². The van der Waals surface area contributed by atoms with Crippen LogP contribution in [-0.4, -0.2) is 62.8 Å². The van der Waals surface area contributed by atoms with Crippen LogP contribution in [0.15, 0.2) is 41.0 Å². The molecule has 0 aliphatic carbocycles. The van der Waals surface area contributed by atoms with Gasteiger partial charge in [0.05, 0.1) is 17.6 Å². The quantitative estimate of drug-likeness (QED) is 0.677. The van der Waals surface area contributed by atoms with Crippen molar-refractivity contribution < 1.29 is 18.4 Å². The number of piperazine rings is 1. The van der Waals surface area contributed by atoms with Crippen molar-refractivity contribution in [2.75, 3.05) is 26.2 Å². The van der Waals surface area contributed by atoms with Crippen LogP contribution in [0, 0.1) is 19.7 Å². The fourth-order valence-electron chi connectivity index (χ4n) is 3.35. The molecular formula is C20H20FN5O3. The van der Waals surface area contributed by atoms with Gasteiger partial charge < -0.3 is 14.2 Å². The molecule has 0 atom stereocenters. The lowest BCUT2D eigenvalue weighted by Crippen LogP contribution is -2.50. The molecule has 0 N–H and O–H groups in total. The molecule has 8 nitrogen and oxygen atoms in total. The van der Waals surface area contributed by atoms with E-state index in [1.165, 1.54) is 17.0 Å². The maximum absolute atomic E-state index is 13.5. The Labute approximate surface area is 166 Å². The van der Waals surface area contributed by atoms with E-state index in [-0.39, 0.29) is 29.1 Å². The zero-order valence-electron chi connectivity index (χ0n) is 16.1. The predicted molar refractivity (Wildman–Crippen MR) is 101 cm³/mol. The molecule has 1 saturated heterocycles. The molecule has 3 heterocycles. The van der Waals surface area contributed by atoms with Gasteiger partial charge in [-0.2, -0.15) is 0 Å². The Morgan fingerprint density at radius 3 is 2.34 bits per heavy atom. The summed E-state index contributed by atoms with van der Waals surface area (Å²) in [5.74, 6) is -0.434. The molecule has 4 rings (SSSR count). The Bertz CT molecular complexity index is 1050. The van der Waals surface area contributed by atoms with Crippen LogP contribution in [0.5, 0.6) is 0 Å². The largest absolute Gasteiger partial charge is 0.459 e. The number of aryl methyl sites for hydroxylation is 1. The number of hydrogen-bond donors (Lipinski definition) is 0. The Balaban J connectivity index is 1.46. The number of benzene rings is 1. The third-order valence-electron chi connectivity index (χ3n) is 5.07. The summed E-state index contributed by atoms with van der Waals surface area (Å²) in [7, 11) is 0. The van der Waals surface area contributed by atoms with Gasteiger partial charge in [0.15, 0.2) is 11.5 Å². The number of halogens is 1. The Morgan fingerprint density at radius 1 is 1.03 bits per heavy atom. The van der Waals surface area contributed by atoms with Gasteiger partial charge in [0.25, 0.3) is 11.8 Å². The maximum atomic E-state index is 13.5. The lowest BCUT2D eigenvalue weighted by molar-refractivity contribution is 0.0514. The molecule has 1 aliphatic heterocycles. The minimum Gasteiger partial charge on any atom is -0.459 e. The average molecular weight is 397 g/mol. The van der Waals surface area contributed by atoms with E-state index in [1.807, 2.05) is 0 Å². The van der Waals surface area contributed by atoms with Crippen molar-refractivity contribution in [2.24, 2.45) is 0 Å². The number of carbonyl (C=O) groups excluding carboxylic acids is 2. The highest BCUT2D eigenvalue weighted by Gasteiger charge is 2.29. The second-order valence-electron chi connectivity index (χ2n) is 6.93. The number of aromatic nitrogens is 3. The molecule has 0 radical (unpaired) electrons. The topological polar surface area (TPSA) is 84.5 Å². The number of rotatable bonds is 3. The molecule has 0 spiro atoms. The van der Waals surface area contributed by atoms with E-state index in [0.717, 1.165) is 0 Å². The first-order valence-electron chi connectivity index (χ1n) is 9.26. The molecule has 0 saturated carbocycles. The zero-order chi connectivity index (χ0) is 20.5. The van der Waals surface area contributed by atoms with Crippen molar-refractivity contribution in [3.63, 3.8) is 0 Å². The predicted octanol–water partition coefficient (Wildman–Crippen LogP) is 2.21. The lowest BCUT2D eigenvalue weighted by atomic mass is 10.2. The fraction of sp³-hybridized carbons (Fsp3) is 0.300. The van der Waals surface area contributed by atoms with Gasteiger partial charge in [0.2, 0.25) is 0 Å². The lowest BCUT2D eigenvalue weighted by Gasteiger charge is -2.34. The number of furan rings is 1. The third kappa shape index (κ3) is 3.51. The molecule has 29 heavy (non-hydrogen) atoms. The molecule has 2 aromatic heterocycles. The second kappa shape index (κ2) is 7.50. The Hall–Kier alpha value is -3.49. The first-order chi connectivity index (χ1) is 14.0. The summed E-state index contributed by atoms with van der Waals surface area (Å²) in [5.41, 5.74) is 1.96. The van der Waals surface area contributed by atoms with E-state index in [0.29, 0.717) is 43.1 Å². The van der Waals surface area contributed by atoms with Gasteiger partial charge in [-0.25, -0.2) is 9.07 Å². The molecule has 0 bridgehead atoms. The van der Waals surface area contributed by atoms with E-state index in [9.17, 15) is 14.0 Å². The summed E-state index contributed by atoms with van der Waals surface area (Å²) < 4.78 is 20.2. The summed E-state index contributed by atoms with van der Waals surface area (Å²) in [6.07, 6.45) is 1.46. The zero-order valence-corrected chi connectivity index (χ0v) is 16.1. The van der Waals surface area contributed by atoms with E-state index in [1.54, 1.807) is 47.9 Å². The van der Waals surface area contributed by atoms with Gasteiger partial charge in [0, 0.05) is 26.2 Å². The molecule has 1 aromatic carbocycles. The first-order valence-corrected chi connectivity index (χ1v) is 9.26. The van der Waals surface area contributed by atoms with Crippen LogP contribution in [0.3, 0.4) is 0 Å². The standard InChI is InChI=1S/C20H20FN5O3/c1-13-12-15(5-6-16(13)21)26-14(2)18(22-23-26)20(28)25-9-7-24(8-10-25)19(27)17-4-3-11-29-17/h3-6,11-12H,7-10H2,1-2H3. The highest BCUT2D eigenvalue weighted by molar-refractivity contribution is 5.94. The van der Waals surface area contributed by atoms with Crippen LogP contribution in [-0.2, 0) is 0 Å². The highest BCUT2D eigenvalue weighted by atomic mass is 19.1. The van der Waals surface area contributed by atoms with Gasteiger partial charge in [-0.15, -0.1) is 5.10 Å². The molecular weight excluding hydrogens is 377 g/mol. The van der Waals surface area contributed by atoms with Crippen LogP contribution in [0.1, 0.15) is 32.3 Å². The third-order valence-corrected chi connectivity index (χ3v) is 5.07. The molecule has 1 aliphatic rings. The molecule has 9 heteroatoms. The van der Waals surface area contributed by atoms with Crippen molar-refractivity contribution >= 4 is 11.8 Å². The summed E-state index contributed by atoms with van der Waals surface area (Å²) in [6, 6.07) is 7.91. The summed E-state index contributed by atoms with van der Waals surface area (Å²) in [4.78, 5) is 28.6. The normalized spacial score (nSPS) is 14.3. The Kier molecular flexibility index (Phi) is 4.87. The average Bonchev–Trinajstić information content (AvgIpc) is 3.39. The number of carbonyl (C=O) groups is 2. The summed E-state index contributed by atoms with van der Waals surface area (Å²) in [5, 5.41) is 8.12. The van der Waals surface area contributed by atoms with Crippen LogP contribution >= 0.6 is 0 Å². The van der Waals surface area contributed by atoms with Crippen LogP contribution in [0.25, 0.3) is 5.69 Å². The van der Waals surface area contributed by atoms with Gasteiger partial charge in [0.1, 0.15) is 5.82 Å². The van der Waals surface area contributed by atoms with Crippen molar-refractivity contribution in [3.05, 3.63) is 65.1 Å². The first kappa shape index (κ1) is 18.9. The molecule has 3 aromatic rings. The van der Waals surface area contributed by atoms with E-state index in [4.69, 9.17) is 4.42 Å². The number of nitrogens with zero attached hydrogens (tertiary/aromatic N) is 5. The highest BCUT2D eigenvalue weighted by Crippen LogP contribution is 2.18.